The Balaban J connectivity index is 2.86. The molecule has 2 amide bonds. The molecule has 0 bridgehead atoms. The highest BCUT2D eigenvalue weighted by molar-refractivity contribution is 7.15. The van der Waals surface area contributed by atoms with Gasteiger partial charge in [0.05, 0.1) is 5.56 Å². The maximum atomic E-state index is 11.3. The first-order chi connectivity index (χ1) is 7.06. The van der Waals surface area contributed by atoms with E-state index in [0.29, 0.717) is 17.0 Å². The van der Waals surface area contributed by atoms with Crippen LogP contribution in [-0.4, -0.2) is 11.8 Å². The SMILES string of the molecule is CCCC(=O)Nc1scc(C)c1C(N)=O. The van der Waals surface area contributed by atoms with E-state index in [9.17, 15) is 9.59 Å². The molecule has 0 unspecified atom stereocenters. The average Bonchev–Trinajstić information content (AvgIpc) is 2.47. The van der Waals surface area contributed by atoms with Crippen molar-refractivity contribution in [2.75, 3.05) is 5.32 Å². The van der Waals surface area contributed by atoms with E-state index in [1.165, 1.54) is 11.3 Å². The van der Waals surface area contributed by atoms with Gasteiger partial charge in [0.1, 0.15) is 5.00 Å². The van der Waals surface area contributed by atoms with Gasteiger partial charge in [0.15, 0.2) is 0 Å². The number of primary amides is 1. The minimum absolute atomic E-state index is 0.0816. The molecule has 0 fully saturated rings. The maximum absolute atomic E-state index is 11.3. The van der Waals surface area contributed by atoms with Gasteiger partial charge in [-0.15, -0.1) is 11.3 Å². The Kier molecular flexibility index (Phi) is 3.85. The van der Waals surface area contributed by atoms with Gasteiger partial charge in [-0.3, -0.25) is 9.59 Å². The maximum Gasteiger partial charge on any atom is 0.251 e. The second kappa shape index (κ2) is 4.93. The fourth-order valence-electron chi connectivity index (χ4n) is 1.26. The molecule has 0 atom stereocenters. The number of carbonyl (C=O) groups is 2. The van der Waals surface area contributed by atoms with Crippen LogP contribution in [0.1, 0.15) is 35.7 Å². The third-order valence-electron chi connectivity index (χ3n) is 1.95. The average molecular weight is 226 g/mol. The van der Waals surface area contributed by atoms with Crippen LogP contribution >= 0.6 is 11.3 Å². The van der Waals surface area contributed by atoms with Gasteiger partial charge in [0.25, 0.3) is 5.91 Å². The number of rotatable bonds is 4. The van der Waals surface area contributed by atoms with Crippen LogP contribution < -0.4 is 11.1 Å². The Labute approximate surface area is 92.5 Å². The highest BCUT2D eigenvalue weighted by Crippen LogP contribution is 2.27. The van der Waals surface area contributed by atoms with Crippen LogP contribution in [0.4, 0.5) is 5.00 Å². The highest BCUT2D eigenvalue weighted by atomic mass is 32.1. The van der Waals surface area contributed by atoms with E-state index in [2.05, 4.69) is 5.32 Å². The second-order valence-corrected chi connectivity index (χ2v) is 4.16. The molecule has 1 aromatic rings. The van der Waals surface area contributed by atoms with Crippen molar-refractivity contribution in [3.63, 3.8) is 0 Å². The van der Waals surface area contributed by atoms with E-state index in [4.69, 9.17) is 5.73 Å². The lowest BCUT2D eigenvalue weighted by atomic mass is 10.2. The fourth-order valence-corrected chi connectivity index (χ4v) is 2.22. The molecule has 0 saturated carbocycles. The van der Waals surface area contributed by atoms with Crippen molar-refractivity contribution in [2.24, 2.45) is 5.73 Å². The van der Waals surface area contributed by atoms with Crippen molar-refractivity contribution in [2.45, 2.75) is 26.7 Å². The molecule has 5 heteroatoms. The van der Waals surface area contributed by atoms with Crippen LogP contribution in [0.3, 0.4) is 0 Å². The topological polar surface area (TPSA) is 72.2 Å². The second-order valence-electron chi connectivity index (χ2n) is 3.29. The molecule has 3 N–H and O–H groups in total. The number of nitrogens with two attached hydrogens (primary N) is 1. The third kappa shape index (κ3) is 2.79. The van der Waals surface area contributed by atoms with Crippen molar-refractivity contribution in [1.29, 1.82) is 0 Å². The number of hydrogen-bond donors (Lipinski definition) is 2. The molecule has 4 nitrogen and oxygen atoms in total. The number of carbonyl (C=O) groups excluding carboxylic acids is 2. The minimum Gasteiger partial charge on any atom is -0.365 e. The predicted octanol–water partition coefficient (Wildman–Crippen LogP) is 1.89. The zero-order chi connectivity index (χ0) is 11.4. The lowest BCUT2D eigenvalue weighted by Gasteiger charge is -2.03. The van der Waals surface area contributed by atoms with Gasteiger partial charge in [-0.05, 0) is 24.3 Å². The number of aryl methyl sites for hydroxylation is 1. The predicted molar refractivity (Wildman–Crippen MR) is 61.1 cm³/mol. The van der Waals surface area contributed by atoms with Crippen LogP contribution in [0.15, 0.2) is 5.38 Å². The molecule has 15 heavy (non-hydrogen) atoms. The summed E-state index contributed by atoms with van der Waals surface area (Å²) >= 11 is 1.33. The van der Waals surface area contributed by atoms with E-state index >= 15 is 0 Å². The van der Waals surface area contributed by atoms with Crippen molar-refractivity contribution in [3.8, 4) is 0 Å². The molecule has 0 spiro atoms. The van der Waals surface area contributed by atoms with Crippen LogP contribution in [-0.2, 0) is 4.79 Å². The van der Waals surface area contributed by atoms with Gasteiger partial charge in [-0.2, -0.15) is 0 Å². The molecule has 0 aromatic carbocycles. The van der Waals surface area contributed by atoms with Gasteiger partial charge in [0, 0.05) is 6.42 Å². The largest absolute Gasteiger partial charge is 0.365 e. The van der Waals surface area contributed by atoms with E-state index in [0.717, 1.165) is 12.0 Å². The van der Waals surface area contributed by atoms with Crippen LogP contribution in [0.5, 0.6) is 0 Å². The van der Waals surface area contributed by atoms with E-state index in [1.807, 2.05) is 12.3 Å². The Hall–Kier alpha value is -1.36. The highest BCUT2D eigenvalue weighted by Gasteiger charge is 2.15. The standard InChI is InChI=1S/C10H14N2O2S/c1-3-4-7(13)12-10-8(9(11)14)6(2)5-15-10/h5H,3-4H2,1-2H3,(H2,11,14)(H,12,13). The Bertz CT molecular complexity index is 385. The van der Waals surface area contributed by atoms with E-state index < -0.39 is 5.91 Å². The monoisotopic (exact) mass is 226 g/mol. The van der Waals surface area contributed by atoms with Gasteiger partial charge in [0.2, 0.25) is 5.91 Å². The van der Waals surface area contributed by atoms with Gasteiger partial charge >= 0.3 is 0 Å². The fraction of sp³-hybridized carbons (Fsp3) is 0.400. The zero-order valence-electron chi connectivity index (χ0n) is 8.79. The number of nitrogens with one attached hydrogen (secondary N) is 1. The quantitative estimate of drug-likeness (QED) is 0.823. The Morgan fingerprint density at radius 1 is 1.53 bits per heavy atom. The lowest BCUT2D eigenvalue weighted by Crippen LogP contribution is -2.16. The molecule has 0 aliphatic heterocycles. The first kappa shape index (κ1) is 11.7. The van der Waals surface area contributed by atoms with Crippen LogP contribution in [0, 0.1) is 6.92 Å². The summed E-state index contributed by atoms with van der Waals surface area (Å²) in [5.41, 5.74) is 6.45. The molecular weight excluding hydrogens is 212 g/mol. The molecule has 1 heterocycles. The summed E-state index contributed by atoms with van der Waals surface area (Å²) in [5, 5.41) is 5.05. The Morgan fingerprint density at radius 3 is 2.73 bits per heavy atom. The van der Waals surface area contributed by atoms with Crippen LogP contribution in [0.2, 0.25) is 0 Å². The van der Waals surface area contributed by atoms with E-state index in [-0.39, 0.29) is 5.91 Å². The summed E-state index contributed by atoms with van der Waals surface area (Å²) in [6.07, 6.45) is 1.23. The zero-order valence-corrected chi connectivity index (χ0v) is 9.61. The summed E-state index contributed by atoms with van der Waals surface area (Å²) in [6, 6.07) is 0. The molecule has 82 valence electrons. The molecular formula is C10H14N2O2S. The molecule has 1 aromatic heterocycles. The van der Waals surface area contributed by atoms with Gasteiger partial charge < -0.3 is 11.1 Å². The summed E-state index contributed by atoms with van der Waals surface area (Å²) in [4.78, 5) is 22.5. The van der Waals surface area contributed by atoms with Crippen molar-refractivity contribution < 1.29 is 9.59 Å². The normalized spacial score (nSPS) is 10.0. The lowest BCUT2D eigenvalue weighted by molar-refractivity contribution is -0.116. The van der Waals surface area contributed by atoms with Gasteiger partial charge in [-0.1, -0.05) is 6.92 Å². The van der Waals surface area contributed by atoms with Crippen molar-refractivity contribution in [1.82, 2.24) is 0 Å². The molecule has 1 rings (SSSR count). The summed E-state index contributed by atoms with van der Waals surface area (Å²) in [6.45, 7) is 3.72. The van der Waals surface area contributed by atoms with Gasteiger partial charge in [-0.25, -0.2) is 0 Å². The molecule has 0 radical (unpaired) electrons. The van der Waals surface area contributed by atoms with Crippen molar-refractivity contribution >= 4 is 28.2 Å². The first-order valence-corrected chi connectivity index (χ1v) is 5.62. The summed E-state index contributed by atoms with van der Waals surface area (Å²) in [5.74, 6) is -0.581. The summed E-state index contributed by atoms with van der Waals surface area (Å²) in [7, 11) is 0. The number of hydrogen-bond acceptors (Lipinski definition) is 3. The summed E-state index contributed by atoms with van der Waals surface area (Å²) < 4.78 is 0. The molecule has 0 saturated heterocycles. The first-order valence-electron chi connectivity index (χ1n) is 4.74. The number of anilines is 1. The number of amides is 2. The molecule has 0 aliphatic carbocycles. The van der Waals surface area contributed by atoms with E-state index in [1.54, 1.807) is 6.92 Å². The smallest absolute Gasteiger partial charge is 0.251 e. The minimum atomic E-state index is -0.499. The van der Waals surface area contributed by atoms with Crippen LogP contribution in [0.25, 0.3) is 0 Å². The third-order valence-corrected chi connectivity index (χ3v) is 2.96. The molecule has 0 aliphatic rings. The van der Waals surface area contributed by atoms with Crippen molar-refractivity contribution in [3.05, 3.63) is 16.5 Å². The Morgan fingerprint density at radius 2 is 2.20 bits per heavy atom. The number of thiophene rings is 1.